The van der Waals surface area contributed by atoms with Crippen molar-refractivity contribution in [3.8, 4) is 0 Å². The summed E-state index contributed by atoms with van der Waals surface area (Å²) >= 11 is 0. The molecule has 0 saturated carbocycles. The minimum Gasteiger partial charge on any atom is -0.349 e. The molecule has 0 aliphatic carbocycles. The molecule has 2 aromatic rings. The van der Waals surface area contributed by atoms with Gasteiger partial charge in [0.15, 0.2) is 0 Å². The zero-order valence-electron chi connectivity index (χ0n) is 11.9. The highest BCUT2D eigenvalue weighted by Gasteiger charge is 2.20. The highest BCUT2D eigenvalue weighted by atomic mass is 35.5. The zero-order valence-corrected chi connectivity index (χ0v) is 12.7. The molecule has 1 unspecified atom stereocenters. The van der Waals surface area contributed by atoms with Crippen LogP contribution in [0.5, 0.6) is 0 Å². The molecule has 1 aliphatic heterocycles. The van der Waals surface area contributed by atoms with Crippen molar-refractivity contribution in [1.29, 1.82) is 0 Å². The molecule has 21 heavy (non-hydrogen) atoms. The summed E-state index contributed by atoms with van der Waals surface area (Å²) in [7, 11) is 1.77. The molecule has 1 amide bonds. The quantitative estimate of drug-likeness (QED) is 0.902. The molecule has 3 rings (SSSR count). The smallest absolute Gasteiger partial charge is 0.269 e. The van der Waals surface area contributed by atoms with E-state index in [1.54, 1.807) is 24.0 Å². The van der Waals surface area contributed by atoms with Crippen molar-refractivity contribution in [3.63, 3.8) is 0 Å². The summed E-state index contributed by atoms with van der Waals surface area (Å²) in [5.41, 5.74) is 3.23. The normalized spacial score (nSPS) is 16.7. The van der Waals surface area contributed by atoms with Gasteiger partial charge >= 0.3 is 0 Å². The van der Waals surface area contributed by atoms with Crippen molar-refractivity contribution >= 4 is 18.3 Å². The third kappa shape index (κ3) is 3.25. The molecule has 0 bridgehead atoms. The second kappa shape index (κ2) is 6.74. The van der Waals surface area contributed by atoms with Crippen molar-refractivity contribution in [3.05, 3.63) is 53.3 Å². The molecule has 5 nitrogen and oxygen atoms in total. The third-order valence-electron chi connectivity index (χ3n) is 3.74. The molecule has 112 valence electrons. The zero-order chi connectivity index (χ0) is 13.9. The number of nitrogens with one attached hydrogen (secondary N) is 2. The number of nitrogens with zero attached hydrogens (tertiary/aromatic N) is 2. The lowest BCUT2D eigenvalue weighted by Crippen LogP contribution is -2.39. The molecular weight excluding hydrogens is 288 g/mol. The Kier molecular flexibility index (Phi) is 4.98. The van der Waals surface area contributed by atoms with Crippen LogP contribution in [0.4, 0.5) is 0 Å². The number of hydrogen-bond acceptors (Lipinski definition) is 3. The van der Waals surface area contributed by atoms with E-state index in [1.807, 2.05) is 6.07 Å². The van der Waals surface area contributed by atoms with Crippen molar-refractivity contribution in [2.24, 2.45) is 7.05 Å². The number of aromatic nitrogens is 2. The lowest BCUT2D eigenvalue weighted by molar-refractivity contribution is 0.0939. The number of fused-ring (bicyclic) bond motifs is 1. The van der Waals surface area contributed by atoms with E-state index < -0.39 is 0 Å². The molecule has 0 fully saturated rings. The van der Waals surface area contributed by atoms with Crippen LogP contribution in [0.2, 0.25) is 0 Å². The maximum atomic E-state index is 12.1. The van der Waals surface area contributed by atoms with Gasteiger partial charge in [-0.2, -0.15) is 5.10 Å². The van der Waals surface area contributed by atoms with Gasteiger partial charge in [-0.25, -0.2) is 0 Å². The van der Waals surface area contributed by atoms with Crippen LogP contribution in [0.3, 0.4) is 0 Å². The number of benzene rings is 1. The van der Waals surface area contributed by atoms with E-state index in [-0.39, 0.29) is 24.4 Å². The van der Waals surface area contributed by atoms with Gasteiger partial charge in [0.05, 0.1) is 0 Å². The van der Waals surface area contributed by atoms with Gasteiger partial charge in [-0.1, -0.05) is 24.3 Å². The van der Waals surface area contributed by atoms with Crippen LogP contribution >= 0.6 is 12.4 Å². The second-order valence-corrected chi connectivity index (χ2v) is 5.01. The summed E-state index contributed by atoms with van der Waals surface area (Å²) in [6.45, 7) is 1.53. The maximum absolute atomic E-state index is 12.1. The first-order valence-corrected chi connectivity index (χ1v) is 6.83. The minimum absolute atomic E-state index is 0. The molecule has 1 aliphatic rings. The van der Waals surface area contributed by atoms with Crippen molar-refractivity contribution < 1.29 is 4.79 Å². The average molecular weight is 307 g/mol. The fraction of sp³-hybridized carbons (Fsp3) is 0.333. The number of carbonyl (C=O) groups excluding carboxylic acids is 1. The Bertz CT molecular complexity index is 626. The number of rotatable bonds is 3. The summed E-state index contributed by atoms with van der Waals surface area (Å²) in [5.74, 6) is -0.0881. The van der Waals surface area contributed by atoms with Crippen molar-refractivity contribution in [2.45, 2.75) is 12.5 Å². The van der Waals surface area contributed by atoms with Gasteiger partial charge in [0.1, 0.15) is 5.69 Å². The topological polar surface area (TPSA) is 59.0 Å². The summed E-state index contributed by atoms with van der Waals surface area (Å²) in [6.07, 6.45) is 2.67. The number of amides is 1. The summed E-state index contributed by atoms with van der Waals surface area (Å²) in [4.78, 5) is 12.1. The first-order valence-electron chi connectivity index (χ1n) is 6.83. The number of hydrogen-bond donors (Lipinski definition) is 2. The standard InChI is InChI=1S/C15H18N4O.ClH/c1-19-14(7-9-18-19)15(20)17-10-13-12-5-3-2-4-11(12)6-8-16-13;/h2-5,7,9,13,16H,6,8,10H2,1H3,(H,17,20);1H. The van der Waals surface area contributed by atoms with Gasteiger partial charge < -0.3 is 10.6 Å². The summed E-state index contributed by atoms with van der Waals surface area (Å²) in [6, 6.07) is 10.3. The molecule has 2 N–H and O–H groups in total. The molecule has 0 spiro atoms. The monoisotopic (exact) mass is 306 g/mol. The first-order chi connectivity index (χ1) is 9.75. The Morgan fingerprint density at radius 1 is 1.43 bits per heavy atom. The Morgan fingerprint density at radius 2 is 2.24 bits per heavy atom. The van der Waals surface area contributed by atoms with Crippen LogP contribution < -0.4 is 10.6 Å². The maximum Gasteiger partial charge on any atom is 0.269 e. The van der Waals surface area contributed by atoms with Gasteiger partial charge in [-0.3, -0.25) is 9.48 Å². The van der Waals surface area contributed by atoms with Crippen molar-refractivity contribution in [1.82, 2.24) is 20.4 Å². The number of carbonyl (C=O) groups is 1. The molecule has 1 aromatic carbocycles. The Balaban J connectivity index is 0.00000161. The van der Waals surface area contributed by atoms with E-state index in [1.165, 1.54) is 11.1 Å². The fourth-order valence-corrected chi connectivity index (χ4v) is 2.66. The predicted molar refractivity (Wildman–Crippen MR) is 83.7 cm³/mol. The van der Waals surface area contributed by atoms with Gasteiger partial charge in [0.2, 0.25) is 0 Å². The van der Waals surface area contributed by atoms with Crippen LogP contribution in [-0.4, -0.2) is 28.8 Å². The molecule has 0 radical (unpaired) electrons. The molecular formula is C15H19ClN4O. The Morgan fingerprint density at radius 3 is 3.00 bits per heavy atom. The average Bonchev–Trinajstić information content (AvgIpc) is 2.91. The van der Waals surface area contributed by atoms with Crippen LogP contribution in [0.15, 0.2) is 36.5 Å². The number of aryl methyl sites for hydroxylation is 1. The summed E-state index contributed by atoms with van der Waals surface area (Å²) < 4.78 is 1.58. The van der Waals surface area contributed by atoms with Gasteiger partial charge in [-0.05, 0) is 30.2 Å². The van der Waals surface area contributed by atoms with E-state index in [9.17, 15) is 4.79 Å². The van der Waals surface area contributed by atoms with Crippen LogP contribution in [-0.2, 0) is 13.5 Å². The van der Waals surface area contributed by atoms with E-state index in [0.29, 0.717) is 12.2 Å². The SMILES string of the molecule is Cl.Cn1nccc1C(=O)NCC1NCCc2ccccc21. The van der Waals surface area contributed by atoms with Crippen LogP contribution in [0.1, 0.15) is 27.7 Å². The Hall–Kier alpha value is -1.85. The largest absolute Gasteiger partial charge is 0.349 e. The van der Waals surface area contributed by atoms with E-state index in [2.05, 4.69) is 33.9 Å². The molecule has 2 heterocycles. The summed E-state index contributed by atoms with van der Waals surface area (Å²) in [5, 5.41) is 10.4. The number of halogens is 1. The Labute approximate surface area is 130 Å². The van der Waals surface area contributed by atoms with Crippen LogP contribution in [0.25, 0.3) is 0 Å². The first kappa shape index (κ1) is 15.5. The van der Waals surface area contributed by atoms with Crippen molar-refractivity contribution in [2.75, 3.05) is 13.1 Å². The predicted octanol–water partition coefficient (Wildman–Crippen LogP) is 1.46. The van der Waals surface area contributed by atoms with Gasteiger partial charge in [0, 0.05) is 25.8 Å². The lowest BCUT2D eigenvalue weighted by atomic mass is 9.94. The highest BCUT2D eigenvalue weighted by Crippen LogP contribution is 2.21. The highest BCUT2D eigenvalue weighted by molar-refractivity contribution is 5.92. The lowest BCUT2D eigenvalue weighted by Gasteiger charge is -2.27. The van der Waals surface area contributed by atoms with Gasteiger partial charge in [-0.15, -0.1) is 12.4 Å². The molecule has 6 heteroatoms. The van der Waals surface area contributed by atoms with E-state index in [0.717, 1.165) is 13.0 Å². The molecule has 1 atom stereocenters. The second-order valence-electron chi connectivity index (χ2n) is 5.01. The van der Waals surface area contributed by atoms with Crippen LogP contribution in [0, 0.1) is 0 Å². The molecule has 1 aromatic heterocycles. The van der Waals surface area contributed by atoms with E-state index in [4.69, 9.17) is 0 Å². The van der Waals surface area contributed by atoms with E-state index >= 15 is 0 Å². The van der Waals surface area contributed by atoms with Gasteiger partial charge in [0.25, 0.3) is 5.91 Å². The third-order valence-corrected chi connectivity index (χ3v) is 3.74. The minimum atomic E-state index is -0.0881. The molecule has 0 saturated heterocycles. The fourth-order valence-electron chi connectivity index (χ4n) is 2.66.